The van der Waals surface area contributed by atoms with Gasteiger partial charge in [-0.1, -0.05) is 102 Å². The molecule has 7 heteroatoms. The minimum atomic E-state index is -0.0761. The lowest BCUT2D eigenvalue weighted by atomic mass is 9.33. The molecule has 0 atom stereocenters. The van der Waals surface area contributed by atoms with Crippen molar-refractivity contribution in [2.45, 2.75) is 59.3 Å². The van der Waals surface area contributed by atoms with Crippen LogP contribution in [-0.2, 0) is 10.8 Å². The van der Waals surface area contributed by atoms with Gasteiger partial charge in [0.05, 0.1) is 17.1 Å². The number of rotatable bonds is 3. The molecule has 0 N–H and O–H groups in total. The number of anilines is 6. The van der Waals surface area contributed by atoms with E-state index in [1.54, 1.807) is 0 Å². The Kier molecular flexibility index (Phi) is 7.04. The van der Waals surface area contributed by atoms with Gasteiger partial charge in [0.25, 0.3) is 6.71 Å². The van der Waals surface area contributed by atoms with E-state index in [-0.39, 0.29) is 31.1 Å². The van der Waals surface area contributed by atoms with Crippen LogP contribution in [0.3, 0.4) is 0 Å². The normalized spacial score (nSPS) is 14.9. The van der Waals surface area contributed by atoms with Gasteiger partial charge in [-0.2, -0.15) is 0 Å². The fourth-order valence-electron chi connectivity index (χ4n) is 8.69. The molecule has 6 aromatic rings. The van der Waals surface area contributed by atoms with E-state index in [1.807, 2.05) is 12.1 Å². The van der Waals surface area contributed by atoms with Crippen molar-refractivity contribution in [3.8, 4) is 34.1 Å². The summed E-state index contributed by atoms with van der Waals surface area (Å²) in [4.78, 5) is 4.85. The smallest absolute Gasteiger partial charge is 0.252 e. The molecule has 0 radical (unpaired) electrons. The highest BCUT2D eigenvalue weighted by molar-refractivity contribution is 7.00. The van der Waals surface area contributed by atoms with Crippen molar-refractivity contribution >= 4 is 57.2 Å². The molecule has 0 amide bonds. The molecule has 54 heavy (non-hydrogen) atoms. The third-order valence-electron chi connectivity index (χ3n) is 11.4. The molecule has 0 spiro atoms. The first-order chi connectivity index (χ1) is 26.0. The van der Waals surface area contributed by atoms with E-state index in [2.05, 4.69) is 155 Å². The summed E-state index contributed by atoms with van der Waals surface area (Å²) in [6, 6.07) is 40.1. The van der Waals surface area contributed by atoms with Crippen LogP contribution in [0.5, 0.6) is 23.0 Å². The quantitative estimate of drug-likeness (QED) is 0.170. The van der Waals surface area contributed by atoms with Crippen LogP contribution in [0.1, 0.15) is 58.2 Å². The molecule has 4 heterocycles. The summed E-state index contributed by atoms with van der Waals surface area (Å²) in [5.41, 5.74) is 16.1. The maximum absolute atomic E-state index is 6.37. The molecule has 0 aromatic heterocycles. The van der Waals surface area contributed by atoms with E-state index in [0.29, 0.717) is 0 Å². The third kappa shape index (κ3) is 4.87. The van der Waals surface area contributed by atoms with Crippen LogP contribution in [0, 0.1) is 6.92 Å². The molecule has 0 saturated heterocycles. The molecule has 4 aliphatic rings. The lowest BCUT2D eigenvalue weighted by Gasteiger charge is -2.45. The van der Waals surface area contributed by atoms with E-state index >= 15 is 0 Å². The number of benzene rings is 6. The fourth-order valence-corrected chi connectivity index (χ4v) is 8.69. The summed E-state index contributed by atoms with van der Waals surface area (Å²) >= 11 is 0. The van der Waals surface area contributed by atoms with E-state index in [1.165, 1.54) is 38.9 Å². The number of hydrogen-bond acceptors (Lipinski definition) is 6. The Balaban J connectivity index is 1.33. The number of para-hydroxylation sites is 1. The number of ether oxygens (including phenoxy) is 4. The number of aryl methyl sites for hydroxylation is 1. The van der Waals surface area contributed by atoms with Crippen molar-refractivity contribution in [3.63, 3.8) is 0 Å². The minimum absolute atomic E-state index is 0.0188. The summed E-state index contributed by atoms with van der Waals surface area (Å²) in [6.45, 7) is 16.2. The number of hydrogen-bond donors (Lipinski definition) is 0. The van der Waals surface area contributed by atoms with Crippen LogP contribution in [-0.4, -0.2) is 20.3 Å². The SMILES string of the molecule is Cc1cc2c3c(c1)N(c1cccc4c1OCO4)c1c(ccc4c1OCO4)B3c1cc(C(C)(C)C)ccc1N2c1ccc(C(C)(C)C)cc1-c1ccccc1. The van der Waals surface area contributed by atoms with Crippen LogP contribution >= 0.6 is 0 Å². The Labute approximate surface area is 318 Å². The highest BCUT2D eigenvalue weighted by Gasteiger charge is 2.47. The van der Waals surface area contributed by atoms with Gasteiger partial charge < -0.3 is 28.7 Å². The Morgan fingerprint density at radius 3 is 1.89 bits per heavy atom. The van der Waals surface area contributed by atoms with Gasteiger partial charge in [0.15, 0.2) is 23.0 Å². The van der Waals surface area contributed by atoms with E-state index < -0.39 is 0 Å². The fraction of sp³-hybridized carbons (Fsp3) is 0.234. The summed E-state index contributed by atoms with van der Waals surface area (Å²) in [7, 11) is 0. The minimum Gasteiger partial charge on any atom is -0.454 e. The Morgan fingerprint density at radius 1 is 0.519 bits per heavy atom. The molecule has 10 rings (SSSR count). The standard InChI is InChI=1S/C47H43BN2O4/c1-28-22-38-42-39(23-28)50(37-14-11-15-40-44(37)53-26-51-40)43-33(18-21-41-45(43)54-27-52-41)48(42)34-25-31(47(5,6)7)17-20-36(34)49(38)35-19-16-30(46(2,3)4)24-32(35)29-12-9-8-10-13-29/h8-25H,26-27H2,1-7H3. The molecule has 0 fully saturated rings. The predicted molar refractivity (Wildman–Crippen MR) is 220 cm³/mol. The zero-order chi connectivity index (χ0) is 37.1. The van der Waals surface area contributed by atoms with Gasteiger partial charge in [0.1, 0.15) is 0 Å². The van der Waals surface area contributed by atoms with Gasteiger partial charge in [-0.05, 0) is 105 Å². The van der Waals surface area contributed by atoms with Gasteiger partial charge >= 0.3 is 0 Å². The lowest BCUT2D eigenvalue weighted by Crippen LogP contribution is -2.61. The highest BCUT2D eigenvalue weighted by Crippen LogP contribution is 2.54. The topological polar surface area (TPSA) is 43.4 Å². The third-order valence-corrected chi connectivity index (χ3v) is 11.4. The van der Waals surface area contributed by atoms with Gasteiger partial charge in [-0.3, -0.25) is 0 Å². The van der Waals surface area contributed by atoms with E-state index in [0.717, 1.165) is 62.5 Å². The molecule has 0 saturated carbocycles. The van der Waals surface area contributed by atoms with Crippen molar-refractivity contribution in [3.05, 3.63) is 126 Å². The first kappa shape index (κ1) is 32.8. The van der Waals surface area contributed by atoms with Crippen molar-refractivity contribution in [1.82, 2.24) is 0 Å². The predicted octanol–water partition coefficient (Wildman–Crippen LogP) is 9.80. The Bertz CT molecular complexity index is 2520. The van der Waals surface area contributed by atoms with Crippen molar-refractivity contribution in [2.24, 2.45) is 0 Å². The van der Waals surface area contributed by atoms with Crippen LogP contribution in [0.4, 0.5) is 34.1 Å². The summed E-state index contributed by atoms with van der Waals surface area (Å²) in [5, 5.41) is 0. The zero-order valence-corrected chi connectivity index (χ0v) is 31.9. The van der Waals surface area contributed by atoms with Gasteiger partial charge in [0.2, 0.25) is 13.6 Å². The van der Waals surface area contributed by atoms with E-state index in [4.69, 9.17) is 18.9 Å². The maximum Gasteiger partial charge on any atom is 0.252 e. The maximum atomic E-state index is 6.37. The molecule has 4 aliphatic heterocycles. The first-order valence-electron chi connectivity index (χ1n) is 18.9. The molecular formula is C47H43BN2O4. The molecule has 6 aromatic carbocycles. The van der Waals surface area contributed by atoms with Gasteiger partial charge in [-0.25, -0.2) is 0 Å². The molecule has 0 aliphatic carbocycles. The van der Waals surface area contributed by atoms with Crippen molar-refractivity contribution in [1.29, 1.82) is 0 Å². The Morgan fingerprint density at radius 2 is 1.17 bits per heavy atom. The van der Waals surface area contributed by atoms with Crippen molar-refractivity contribution < 1.29 is 18.9 Å². The first-order valence-corrected chi connectivity index (χ1v) is 18.9. The molecule has 0 unspecified atom stereocenters. The van der Waals surface area contributed by atoms with Crippen LogP contribution in [0.25, 0.3) is 11.1 Å². The average molecular weight is 711 g/mol. The van der Waals surface area contributed by atoms with Crippen LogP contribution in [0.15, 0.2) is 109 Å². The zero-order valence-electron chi connectivity index (χ0n) is 31.9. The van der Waals surface area contributed by atoms with Crippen LogP contribution < -0.4 is 45.1 Å². The average Bonchev–Trinajstić information content (AvgIpc) is 3.84. The van der Waals surface area contributed by atoms with E-state index in [9.17, 15) is 0 Å². The van der Waals surface area contributed by atoms with Gasteiger partial charge in [-0.15, -0.1) is 0 Å². The second-order valence-electron chi connectivity index (χ2n) is 16.9. The molecule has 0 bridgehead atoms. The van der Waals surface area contributed by atoms with Crippen molar-refractivity contribution in [2.75, 3.05) is 23.4 Å². The summed E-state index contributed by atoms with van der Waals surface area (Å²) in [5.74, 6) is 2.95. The molecule has 268 valence electrons. The van der Waals surface area contributed by atoms with Gasteiger partial charge in [0, 0.05) is 22.6 Å². The summed E-state index contributed by atoms with van der Waals surface area (Å²) in [6.07, 6.45) is 0. The van der Waals surface area contributed by atoms with Crippen LogP contribution in [0.2, 0.25) is 0 Å². The number of nitrogens with zero attached hydrogens (tertiary/aromatic N) is 2. The number of fused-ring (bicyclic) bond motifs is 7. The lowest BCUT2D eigenvalue weighted by molar-refractivity contribution is 0.174. The largest absolute Gasteiger partial charge is 0.454 e. The second-order valence-corrected chi connectivity index (χ2v) is 16.9. The summed E-state index contributed by atoms with van der Waals surface area (Å²) < 4.78 is 24.6. The molecule has 6 nitrogen and oxygen atoms in total. The second kappa shape index (κ2) is 11.6. The Hall–Kier alpha value is -5.82. The highest BCUT2D eigenvalue weighted by atomic mass is 16.7. The molecular weight excluding hydrogens is 667 g/mol. The monoisotopic (exact) mass is 710 g/mol.